The topological polar surface area (TPSA) is 235 Å². The molecule has 0 spiro atoms. The number of aryl methyl sites for hydroxylation is 7. The average Bonchev–Trinajstić information content (AvgIpc) is 4.35. The number of azo groups is 2. The molecule has 0 aliphatic carbocycles. The van der Waals surface area contributed by atoms with E-state index in [1.54, 1.807) is 10.9 Å². The van der Waals surface area contributed by atoms with Gasteiger partial charge in [0.05, 0.1) is 29.3 Å². The van der Waals surface area contributed by atoms with E-state index in [2.05, 4.69) is 88.3 Å². The average molecular weight is 1090 g/mol. The first kappa shape index (κ1) is 57.4. The number of pyridine rings is 2. The molecule has 0 bridgehead atoms. The van der Waals surface area contributed by atoms with Crippen LogP contribution in [0.3, 0.4) is 0 Å². The maximum absolute atomic E-state index is 11.8. The molecule has 0 radical (unpaired) electrons. The highest BCUT2D eigenvalue weighted by Gasteiger charge is 2.33. The second-order valence-electron chi connectivity index (χ2n) is 23.3. The van der Waals surface area contributed by atoms with Crippen molar-refractivity contribution in [3.8, 4) is 22.2 Å². The number of aromatic nitrogens is 10. The van der Waals surface area contributed by atoms with Gasteiger partial charge in [0.1, 0.15) is 28.8 Å². The summed E-state index contributed by atoms with van der Waals surface area (Å²) in [7, 11) is 0. The maximum Gasteiger partial charge on any atom is 0.303 e. The number of benzene rings is 2. The van der Waals surface area contributed by atoms with E-state index < -0.39 is 22.2 Å². The van der Waals surface area contributed by atoms with Crippen molar-refractivity contribution in [3.05, 3.63) is 133 Å². The first-order valence-electron chi connectivity index (χ1n) is 26.3. The molecule has 2 aromatic carbocycles. The number of rotatable bonds is 15. The molecule has 0 aliphatic rings. The molecule has 6 aromatic heterocycles. The molecule has 8 aromatic rings. The Morgan fingerprint density at radius 1 is 0.725 bits per heavy atom. The van der Waals surface area contributed by atoms with Crippen LogP contribution in [0.25, 0.3) is 20.9 Å². The summed E-state index contributed by atoms with van der Waals surface area (Å²) < 4.78 is 4.68. The quantitative estimate of drug-likeness (QED) is 0.0720. The lowest BCUT2D eigenvalue weighted by Crippen LogP contribution is -2.23. The molecular weight excluding hydrogens is 1020 g/mol. The fourth-order valence-corrected chi connectivity index (χ4v) is 10.5. The standard InChI is InChI=1S/C59H68N18O2S/c1-32-26-34(3)44(35(4)27-32)64-52-45(36(5)30-42(63-52)74(25-21-23-43(78)79)48-37(6)28-33(2)29-38(48)7)65-67-53-40(31-60)49(57(9,10)11)71-76(53)55-69-70-56(80-55)77-54(47(61-18)51(73-77)59(15,16)17)68-66-46-39(8)75(41-22-19-20-24-62-41)72-50(46)58(12,13)14/h19-20,22,24,26-30H,21,23,25H2,1-17H3,(H,63,64)(H,78,79). The van der Waals surface area contributed by atoms with Gasteiger partial charge in [0.15, 0.2) is 23.3 Å². The van der Waals surface area contributed by atoms with Gasteiger partial charge in [-0.2, -0.15) is 29.9 Å². The summed E-state index contributed by atoms with van der Waals surface area (Å²) in [5.74, 6) is 0.968. The van der Waals surface area contributed by atoms with Crippen LogP contribution in [0.2, 0.25) is 0 Å². The van der Waals surface area contributed by atoms with Crippen LogP contribution in [0.1, 0.15) is 142 Å². The first-order chi connectivity index (χ1) is 37.6. The number of carboxylic acid groups (broad SMARTS) is 1. The van der Waals surface area contributed by atoms with E-state index in [4.69, 9.17) is 47.3 Å². The van der Waals surface area contributed by atoms with Gasteiger partial charge in [-0.05, 0) is 113 Å². The Bertz CT molecular complexity index is 3790. The molecule has 0 atom stereocenters. The molecule has 0 aliphatic heterocycles. The maximum atomic E-state index is 11.8. The predicted molar refractivity (Wildman–Crippen MR) is 313 cm³/mol. The number of nitrogens with one attached hydrogen (secondary N) is 1. The monoisotopic (exact) mass is 1090 g/mol. The summed E-state index contributed by atoms with van der Waals surface area (Å²) in [5, 5.41) is 68.4. The minimum atomic E-state index is -0.880. The lowest BCUT2D eigenvalue weighted by atomic mass is 9.90. The molecular formula is C59H68N18O2S. The van der Waals surface area contributed by atoms with Crippen LogP contribution in [-0.2, 0) is 21.0 Å². The zero-order valence-electron chi connectivity index (χ0n) is 48.7. The van der Waals surface area contributed by atoms with Crippen LogP contribution in [0.15, 0.2) is 75.2 Å². The Morgan fingerprint density at radius 3 is 1.82 bits per heavy atom. The van der Waals surface area contributed by atoms with Crippen LogP contribution in [0, 0.1) is 73.3 Å². The van der Waals surface area contributed by atoms with Gasteiger partial charge in [-0.3, -0.25) is 4.79 Å². The van der Waals surface area contributed by atoms with E-state index >= 15 is 0 Å². The fourth-order valence-electron chi connectivity index (χ4n) is 9.71. The SMILES string of the molecule is [C-]#[N+]c1c(C(C)(C)C)nn(-c2nnc(-n3nc(C(C)(C)C)c(C#N)c3N=Nc3c(C)cc(N(CCCC(=O)O)c4c(C)cc(C)cc4C)nc3Nc3c(C)cc(C)cc3C)s2)c1N=Nc1c(C(C)(C)C)nn(-c2ccccn2)c1C. The third kappa shape index (κ3) is 11.6. The van der Waals surface area contributed by atoms with Crippen LogP contribution in [0.4, 0.5) is 51.7 Å². The van der Waals surface area contributed by atoms with E-state index in [1.165, 1.54) is 9.36 Å². The lowest BCUT2D eigenvalue weighted by molar-refractivity contribution is -0.137. The molecule has 0 amide bonds. The Labute approximate surface area is 471 Å². The van der Waals surface area contributed by atoms with Gasteiger partial charge in [0, 0.05) is 41.4 Å². The van der Waals surface area contributed by atoms with Crippen LogP contribution < -0.4 is 10.2 Å². The molecule has 0 saturated heterocycles. The van der Waals surface area contributed by atoms with Crippen molar-refractivity contribution in [2.75, 3.05) is 16.8 Å². The zero-order valence-corrected chi connectivity index (χ0v) is 49.5. The third-order valence-corrected chi connectivity index (χ3v) is 14.2. The van der Waals surface area contributed by atoms with Crippen molar-refractivity contribution in [1.29, 1.82) is 5.26 Å². The number of aliphatic carboxylic acids is 1. The molecule has 20 nitrogen and oxygen atoms in total. The van der Waals surface area contributed by atoms with Gasteiger partial charge in [0.2, 0.25) is 10.3 Å². The summed E-state index contributed by atoms with van der Waals surface area (Å²) in [4.78, 5) is 27.7. The Morgan fingerprint density at radius 2 is 1.27 bits per heavy atom. The number of carboxylic acids is 1. The highest BCUT2D eigenvalue weighted by atomic mass is 32.1. The van der Waals surface area contributed by atoms with Crippen molar-refractivity contribution in [3.63, 3.8) is 0 Å². The summed E-state index contributed by atoms with van der Waals surface area (Å²) >= 11 is 1.11. The molecule has 0 fully saturated rings. The van der Waals surface area contributed by atoms with Gasteiger partial charge >= 0.3 is 5.97 Å². The molecule has 412 valence electrons. The molecule has 6 heterocycles. The van der Waals surface area contributed by atoms with Crippen molar-refractivity contribution < 1.29 is 9.90 Å². The van der Waals surface area contributed by atoms with Gasteiger partial charge in [-0.25, -0.2) is 19.5 Å². The first-order valence-corrected chi connectivity index (χ1v) is 27.1. The summed E-state index contributed by atoms with van der Waals surface area (Å²) in [6, 6.07) is 18.3. The van der Waals surface area contributed by atoms with E-state index in [-0.39, 0.29) is 39.6 Å². The predicted octanol–water partition coefficient (Wildman–Crippen LogP) is 15.2. The number of hydrogen-bond donors (Lipinski definition) is 2. The van der Waals surface area contributed by atoms with Crippen molar-refractivity contribution in [1.82, 2.24) is 49.5 Å². The molecule has 21 heteroatoms. The lowest BCUT2D eigenvalue weighted by Gasteiger charge is -2.29. The number of carbonyl (C=O) groups is 1. The molecule has 0 unspecified atom stereocenters. The Kier molecular flexibility index (Phi) is 15.9. The van der Waals surface area contributed by atoms with Gasteiger partial charge in [-0.1, -0.05) is 115 Å². The van der Waals surface area contributed by atoms with Crippen molar-refractivity contribution >= 4 is 69.0 Å². The molecule has 0 saturated carbocycles. The summed E-state index contributed by atoms with van der Waals surface area (Å²) in [6.45, 7) is 42.8. The van der Waals surface area contributed by atoms with E-state index in [0.717, 1.165) is 56.1 Å². The second kappa shape index (κ2) is 22.1. The van der Waals surface area contributed by atoms with Gasteiger partial charge in [-0.15, -0.1) is 30.7 Å². The third-order valence-electron chi connectivity index (χ3n) is 13.3. The van der Waals surface area contributed by atoms with E-state index in [1.807, 2.05) is 114 Å². The second-order valence-corrected chi connectivity index (χ2v) is 24.2. The van der Waals surface area contributed by atoms with Gasteiger partial charge < -0.3 is 15.3 Å². The summed E-state index contributed by atoms with van der Waals surface area (Å²) in [6.07, 6.45) is 2.06. The minimum absolute atomic E-state index is 0.0203. The minimum Gasteiger partial charge on any atom is -0.481 e. The zero-order chi connectivity index (χ0) is 58.3. The number of hydrogen-bond acceptors (Lipinski definition) is 16. The summed E-state index contributed by atoms with van der Waals surface area (Å²) in [5.41, 5.74) is 10.7. The van der Waals surface area contributed by atoms with Crippen molar-refractivity contribution in [2.24, 2.45) is 20.5 Å². The molecule has 2 N–H and O–H groups in total. The number of anilines is 4. The fraction of sp³-hybridized carbons (Fsp3) is 0.390. The Hall–Kier alpha value is -8.82. The molecule has 80 heavy (non-hydrogen) atoms. The van der Waals surface area contributed by atoms with Gasteiger partial charge in [0.25, 0.3) is 5.69 Å². The van der Waals surface area contributed by atoms with Crippen LogP contribution in [-0.4, -0.2) is 67.1 Å². The number of nitriles is 1. The van der Waals surface area contributed by atoms with Crippen LogP contribution >= 0.6 is 11.3 Å². The van der Waals surface area contributed by atoms with Crippen LogP contribution in [0.5, 0.6) is 0 Å². The smallest absolute Gasteiger partial charge is 0.303 e. The van der Waals surface area contributed by atoms with Crippen molar-refractivity contribution in [2.45, 2.75) is 147 Å². The Balaban J connectivity index is 1.29. The highest BCUT2D eigenvalue weighted by Crippen LogP contribution is 2.45. The molecule has 8 rings (SSSR count). The normalized spacial score (nSPS) is 12.2. The largest absolute Gasteiger partial charge is 0.481 e. The van der Waals surface area contributed by atoms with E-state index in [0.29, 0.717) is 70.1 Å². The highest BCUT2D eigenvalue weighted by molar-refractivity contribution is 7.16. The number of nitrogens with zero attached hydrogens (tertiary/aromatic N) is 17. The van der Waals surface area contributed by atoms with E-state index in [9.17, 15) is 15.2 Å².